The molecule has 3 heteroatoms. The summed E-state index contributed by atoms with van der Waals surface area (Å²) in [5, 5.41) is 0. The third-order valence-electron chi connectivity index (χ3n) is 3.86. The first-order valence-electron chi connectivity index (χ1n) is 5.89. The second kappa shape index (κ2) is 4.33. The molecule has 4 atom stereocenters. The number of esters is 1. The van der Waals surface area contributed by atoms with Crippen LogP contribution < -0.4 is 0 Å². The van der Waals surface area contributed by atoms with Gasteiger partial charge in [-0.15, -0.1) is 0 Å². The fourth-order valence-corrected chi connectivity index (χ4v) is 3.18. The van der Waals surface area contributed by atoms with E-state index in [0.29, 0.717) is 18.4 Å². The topological polar surface area (TPSA) is 43.4 Å². The zero-order chi connectivity index (χ0) is 10.8. The third kappa shape index (κ3) is 1.80. The van der Waals surface area contributed by atoms with Crippen molar-refractivity contribution in [2.24, 2.45) is 23.7 Å². The predicted octanol–water partition coefficient (Wildman–Crippen LogP) is 1.80. The molecule has 0 aromatic heterocycles. The summed E-state index contributed by atoms with van der Waals surface area (Å²) in [6.45, 7) is 2.46. The molecule has 0 heterocycles. The van der Waals surface area contributed by atoms with Crippen LogP contribution in [0, 0.1) is 23.7 Å². The summed E-state index contributed by atoms with van der Waals surface area (Å²) in [4.78, 5) is 22.8. The van der Waals surface area contributed by atoms with Crippen molar-refractivity contribution in [3.8, 4) is 0 Å². The van der Waals surface area contributed by atoms with Crippen molar-refractivity contribution < 1.29 is 14.3 Å². The van der Waals surface area contributed by atoms with E-state index in [-0.39, 0.29) is 17.8 Å². The van der Waals surface area contributed by atoms with Crippen LogP contribution in [0.3, 0.4) is 0 Å². The SMILES string of the molecule is CCCOC(=O)C1C2CCC(C2)C1C=O. The Labute approximate surface area is 90.2 Å². The van der Waals surface area contributed by atoms with E-state index in [0.717, 1.165) is 32.0 Å². The quantitative estimate of drug-likeness (QED) is 0.525. The highest BCUT2D eigenvalue weighted by atomic mass is 16.5. The van der Waals surface area contributed by atoms with Gasteiger partial charge in [-0.2, -0.15) is 0 Å². The van der Waals surface area contributed by atoms with Crippen molar-refractivity contribution in [3.63, 3.8) is 0 Å². The van der Waals surface area contributed by atoms with Crippen LogP contribution in [-0.4, -0.2) is 18.9 Å². The molecule has 0 spiro atoms. The molecule has 0 aromatic carbocycles. The van der Waals surface area contributed by atoms with Gasteiger partial charge >= 0.3 is 5.97 Å². The number of rotatable bonds is 4. The molecule has 3 nitrogen and oxygen atoms in total. The smallest absolute Gasteiger partial charge is 0.309 e. The van der Waals surface area contributed by atoms with Crippen molar-refractivity contribution in [2.45, 2.75) is 32.6 Å². The molecule has 0 aromatic rings. The van der Waals surface area contributed by atoms with Gasteiger partial charge in [0.2, 0.25) is 0 Å². The zero-order valence-corrected chi connectivity index (χ0v) is 9.15. The lowest BCUT2D eigenvalue weighted by atomic mass is 9.80. The summed E-state index contributed by atoms with van der Waals surface area (Å²) in [7, 11) is 0. The van der Waals surface area contributed by atoms with Gasteiger partial charge in [0.1, 0.15) is 6.29 Å². The van der Waals surface area contributed by atoms with E-state index in [2.05, 4.69) is 0 Å². The highest BCUT2D eigenvalue weighted by Gasteiger charge is 2.51. The van der Waals surface area contributed by atoms with Crippen molar-refractivity contribution in [3.05, 3.63) is 0 Å². The molecule has 0 amide bonds. The molecule has 0 saturated heterocycles. The number of ether oxygens (including phenoxy) is 1. The van der Waals surface area contributed by atoms with E-state index in [9.17, 15) is 9.59 Å². The first kappa shape index (κ1) is 10.7. The summed E-state index contributed by atoms with van der Waals surface area (Å²) in [6, 6.07) is 0. The lowest BCUT2D eigenvalue weighted by molar-refractivity contribution is -0.153. The molecule has 0 aliphatic heterocycles. The van der Waals surface area contributed by atoms with Crippen LogP contribution in [0.25, 0.3) is 0 Å². The molecule has 15 heavy (non-hydrogen) atoms. The average molecular weight is 210 g/mol. The van der Waals surface area contributed by atoms with E-state index in [4.69, 9.17) is 4.74 Å². The standard InChI is InChI=1S/C12H18O3/c1-2-5-15-12(14)11-9-4-3-8(6-9)10(11)7-13/h7-11H,2-6H2,1H3. The van der Waals surface area contributed by atoms with Crippen LogP contribution in [0.4, 0.5) is 0 Å². The van der Waals surface area contributed by atoms with Gasteiger partial charge in [0.05, 0.1) is 12.5 Å². The van der Waals surface area contributed by atoms with E-state index < -0.39 is 0 Å². The molecule has 2 rings (SSSR count). The number of hydrogen-bond acceptors (Lipinski definition) is 3. The van der Waals surface area contributed by atoms with E-state index in [1.54, 1.807) is 0 Å². The Balaban J connectivity index is 2.01. The number of carbonyl (C=O) groups excluding carboxylic acids is 2. The van der Waals surface area contributed by atoms with Crippen LogP contribution in [0.15, 0.2) is 0 Å². The lowest BCUT2D eigenvalue weighted by Gasteiger charge is -2.25. The Morgan fingerprint density at radius 1 is 1.40 bits per heavy atom. The maximum atomic E-state index is 11.8. The van der Waals surface area contributed by atoms with Crippen LogP contribution >= 0.6 is 0 Å². The van der Waals surface area contributed by atoms with E-state index in [1.165, 1.54) is 0 Å². The normalized spacial score (nSPS) is 37.9. The average Bonchev–Trinajstić information content (AvgIpc) is 2.84. The monoisotopic (exact) mass is 210 g/mol. The minimum Gasteiger partial charge on any atom is -0.465 e. The summed E-state index contributed by atoms with van der Waals surface area (Å²) in [5.41, 5.74) is 0. The van der Waals surface area contributed by atoms with Crippen molar-refractivity contribution in [2.75, 3.05) is 6.61 Å². The molecule has 0 radical (unpaired) electrons. The van der Waals surface area contributed by atoms with Crippen molar-refractivity contribution in [1.82, 2.24) is 0 Å². The fraction of sp³-hybridized carbons (Fsp3) is 0.833. The van der Waals surface area contributed by atoms with Gasteiger partial charge in [0.15, 0.2) is 0 Å². The second-order valence-electron chi connectivity index (χ2n) is 4.74. The van der Waals surface area contributed by atoms with Crippen LogP contribution in [0.5, 0.6) is 0 Å². The first-order valence-corrected chi connectivity index (χ1v) is 5.89. The van der Waals surface area contributed by atoms with Gasteiger partial charge < -0.3 is 9.53 Å². The summed E-state index contributed by atoms with van der Waals surface area (Å²) < 4.78 is 5.16. The maximum Gasteiger partial charge on any atom is 0.309 e. The Bertz CT molecular complexity index is 262. The first-order chi connectivity index (χ1) is 7.27. The summed E-state index contributed by atoms with van der Waals surface area (Å²) in [6.07, 6.45) is 5.09. The zero-order valence-electron chi connectivity index (χ0n) is 9.15. The van der Waals surface area contributed by atoms with Crippen LogP contribution in [-0.2, 0) is 14.3 Å². The van der Waals surface area contributed by atoms with Gasteiger partial charge in [0, 0.05) is 5.92 Å². The number of hydrogen-bond donors (Lipinski definition) is 0. The van der Waals surface area contributed by atoms with Gasteiger partial charge in [0.25, 0.3) is 0 Å². The Kier molecular flexibility index (Phi) is 3.08. The molecule has 0 N–H and O–H groups in total. The van der Waals surface area contributed by atoms with Crippen LogP contribution in [0.1, 0.15) is 32.6 Å². The van der Waals surface area contributed by atoms with Crippen LogP contribution in [0.2, 0.25) is 0 Å². The molecular weight excluding hydrogens is 192 g/mol. The van der Waals surface area contributed by atoms with E-state index >= 15 is 0 Å². The van der Waals surface area contributed by atoms with E-state index in [1.807, 2.05) is 6.92 Å². The Hall–Kier alpha value is -0.860. The highest BCUT2D eigenvalue weighted by Crippen LogP contribution is 2.51. The fourth-order valence-electron chi connectivity index (χ4n) is 3.18. The molecule has 2 fully saturated rings. The predicted molar refractivity (Wildman–Crippen MR) is 55.1 cm³/mol. The van der Waals surface area contributed by atoms with Gasteiger partial charge in [-0.1, -0.05) is 6.92 Å². The van der Waals surface area contributed by atoms with Crippen molar-refractivity contribution in [1.29, 1.82) is 0 Å². The highest BCUT2D eigenvalue weighted by molar-refractivity contribution is 5.78. The van der Waals surface area contributed by atoms with Gasteiger partial charge in [-0.3, -0.25) is 4.79 Å². The minimum atomic E-state index is -0.138. The molecule has 2 aliphatic carbocycles. The van der Waals surface area contributed by atoms with Crippen molar-refractivity contribution >= 4 is 12.3 Å². The molecule has 2 saturated carbocycles. The molecule has 84 valence electrons. The third-order valence-corrected chi connectivity index (χ3v) is 3.86. The molecule has 4 unspecified atom stereocenters. The Morgan fingerprint density at radius 3 is 2.80 bits per heavy atom. The van der Waals surface area contributed by atoms with Gasteiger partial charge in [-0.25, -0.2) is 0 Å². The molecule has 2 bridgehead atoms. The largest absolute Gasteiger partial charge is 0.465 e. The van der Waals surface area contributed by atoms with Gasteiger partial charge in [-0.05, 0) is 37.5 Å². The minimum absolute atomic E-state index is 0.0619. The summed E-state index contributed by atoms with van der Waals surface area (Å²) >= 11 is 0. The molecular formula is C12H18O3. The Morgan fingerprint density at radius 2 is 2.13 bits per heavy atom. The summed E-state index contributed by atoms with van der Waals surface area (Å²) in [5.74, 6) is 0.531. The number of fused-ring (bicyclic) bond motifs is 2. The lowest BCUT2D eigenvalue weighted by Crippen LogP contribution is -2.32. The number of carbonyl (C=O) groups is 2. The molecule has 2 aliphatic rings. The second-order valence-corrected chi connectivity index (χ2v) is 4.74. The number of aldehydes is 1. The maximum absolute atomic E-state index is 11.8.